The van der Waals surface area contributed by atoms with Gasteiger partial charge in [-0.1, -0.05) is 19.9 Å². The summed E-state index contributed by atoms with van der Waals surface area (Å²) >= 11 is 0. The fourth-order valence-corrected chi connectivity index (χ4v) is 3.72. The predicted octanol–water partition coefficient (Wildman–Crippen LogP) is 2.92. The molecular formula is C17H25N3O. The van der Waals surface area contributed by atoms with Gasteiger partial charge in [0.2, 0.25) is 5.91 Å². The molecule has 3 rings (SSSR count). The van der Waals surface area contributed by atoms with Crippen LogP contribution >= 0.6 is 0 Å². The summed E-state index contributed by atoms with van der Waals surface area (Å²) in [6, 6.07) is 6.16. The van der Waals surface area contributed by atoms with Crippen LogP contribution in [0.4, 0.5) is 11.4 Å². The van der Waals surface area contributed by atoms with E-state index in [1.807, 2.05) is 7.05 Å². The number of nitrogens with one attached hydrogen (secondary N) is 2. The number of rotatable bonds is 4. The molecule has 1 fully saturated rings. The molecule has 2 N–H and O–H groups in total. The third-order valence-corrected chi connectivity index (χ3v) is 5.46. The van der Waals surface area contributed by atoms with Crippen molar-refractivity contribution >= 4 is 17.3 Å². The van der Waals surface area contributed by atoms with Crippen molar-refractivity contribution in [1.29, 1.82) is 0 Å². The first kappa shape index (κ1) is 14.4. The second-order valence-corrected chi connectivity index (χ2v) is 6.36. The number of carbonyl (C=O) groups is 1. The molecule has 1 unspecified atom stereocenters. The lowest BCUT2D eigenvalue weighted by atomic mass is 9.82. The van der Waals surface area contributed by atoms with E-state index in [0.717, 1.165) is 24.3 Å². The smallest absolute Gasteiger partial charge is 0.246 e. The standard InChI is InChI=1S/C17H25N3O/c1-4-17(5-2)8-9-20(11-17)12-6-7-13-14(10-12)19-16(21)15(13)18-3/h6-7,10,15,18H,4-5,8-9,11H2,1-3H3,(H,19,21). The average molecular weight is 287 g/mol. The van der Waals surface area contributed by atoms with Gasteiger partial charge in [-0.3, -0.25) is 4.79 Å². The Labute approximate surface area is 126 Å². The number of amides is 1. The van der Waals surface area contributed by atoms with E-state index in [0.29, 0.717) is 5.41 Å². The summed E-state index contributed by atoms with van der Waals surface area (Å²) in [5.41, 5.74) is 3.72. The highest BCUT2D eigenvalue weighted by atomic mass is 16.2. The van der Waals surface area contributed by atoms with Crippen molar-refractivity contribution in [2.45, 2.75) is 39.2 Å². The van der Waals surface area contributed by atoms with Crippen molar-refractivity contribution < 1.29 is 4.79 Å². The fourth-order valence-electron chi connectivity index (χ4n) is 3.72. The summed E-state index contributed by atoms with van der Waals surface area (Å²) in [7, 11) is 1.82. The van der Waals surface area contributed by atoms with Crippen LogP contribution in [0, 0.1) is 5.41 Å². The first-order valence-corrected chi connectivity index (χ1v) is 7.99. The zero-order valence-electron chi connectivity index (χ0n) is 13.2. The van der Waals surface area contributed by atoms with Crippen LogP contribution in [0.5, 0.6) is 0 Å². The lowest BCUT2D eigenvalue weighted by Gasteiger charge is -2.27. The molecule has 0 aliphatic carbocycles. The monoisotopic (exact) mass is 287 g/mol. The van der Waals surface area contributed by atoms with E-state index in [-0.39, 0.29) is 11.9 Å². The molecule has 1 atom stereocenters. The van der Waals surface area contributed by atoms with E-state index in [1.54, 1.807) is 0 Å². The quantitative estimate of drug-likeness (QED) is 0.895. The third kappa shape index (κ3) is 2.31. The lowest BCUT2D eigenvalue weighted by Crippen LogP contribution is -2.26. The highest BCUT2D eigenvalue weighted by Gasteiger charge is 2.36. The van der Waals surface area contributed by atoms with E-state index >= 15 is 0 Å². The fraction of sp³-hybridized carbons (Fsp3) is 0.588. The second-order valence-electron chi connectivity index (χ2n) is 6.36. The lowest BCUT2D eigenvalue weighted by molar-refractivity contribution is -0.117. The van der Waals surface area contributed by atoms with E-state index in [4.69, 9.17) is 0 Å². The summed E-state index contributed by atoms with van der Waals surface area (Å²) in [4.78, 5) is 14.4. The van der Waals surface area contributed by atoms with Gasteiger partial charge in [0.25, 0.3) is 0 Å². The van der Waals surface area contributed by atoms with Gasteiger partial charge < -0.3 is 15.5 Å². The van der Waals surface area contributed by atoms with Crippen molar-refractivity contribution in [2.24, 2.45) is 5.41 Å². The Hall–Kier alpha value is -1.55. The van der Waals surface area contributed by atoms with Crippen LogP contribution in [0.15, 0.2) is 18.2 Å². The Balaban J connectivity index is 1.83. The first-order chi connectivity index (χ1) is 10.1. The van der Waals surface area contributed by atoms with Crippen molar-refractivity contribution in [3.05, 3.63) is 23.8 Å². The molecule has 0 radical (unpaired) electrons. The molecule has 2 heterocycles. The van der Waals surface area contributed by atoms with Gasteiger partial charge >= 0.3 is 0 Å². The Morgan fingerprint density at radius 2 is 2.14 bits per heavy atom. The van der Waals surface area contributed by atoms with E-state index < -0.39 is 0 Å². The summed E-state index contributed by atoms with van der Waals surface area (Å²) in [5.74, 6) is 0.0440. The predicted molar refractivity (Wildman–Crippen MR) is 86.7 cm³/mol. The Morgan fingerprint density at radius 3 is 2.76 bits per heavy atom. The van der Waals surface area contributed by atoms with Crippen LogP contribution in [0.1, 0.15) is 44.7 Å². The molecule has 21 heavy (non-hydrogen) atoms. The molecule has 2 aliphatic rings. The minimum Gasteiger partial charge on any atom is -0.371 e. The molecule has 0 spiro atoms. The molecule has 1 aromatic rings. The molecule has 0 bridgehead atoms. The van der Waals surface area contributed by atoms with E-state index in [9.17, 15) is 4.79 Å². The number of nitrogens with zero attached hydrogens (tertiary/aromatic N) is 1. The SMILES string of the molecule is CCC1(CC)CCN(c2ccc3c(c2)NC(=O)C3NC)C1. The van der Waals surface area contributed by atoms with Crippen molar-refractivity contribution in [3.63, 3.8) is 0 Å². The number of fused-ring (bicyclic) bond motifs is 1. The maximum atomic E-state index is 11.9. The maximum absolute atomic E-state index is 11.9. The van der Waals surface area contributed by atoms with E-state index in [2.05, 4.69) is 47.6 Å². The number of carbonyl (C=O) groups excluding carboxylic acids is 1. The van der Waals surface area contributed by atoms with Gasteiger partial charge in [0, 0.05) is 30.0 Å². The largest absolute Gasteiger partial charge is 0.371 e. The van der Waals surface area contributed by atoms with Gasteiger partial charge in [-0.05, 0) is 43.9 Å². The van der Waals surface area contributed by atoms with Crippen molar-refractivity contribution in [1.82, 2.24) is 5.32 Å². The summed E-state index contributed by atoms with van der Waals surface area (Å²) in [6.45, 7) is 6.84. The maximum Gasteiger partial charge on any atom is 0.246 e. The highest BCUT2D eigenvalue weighted by molar-refractivity contribution is 6.03. The molecule has 0 saturated carbocycles. The minimum absolute atomic E-state index is 0.0440. The number of benzene rings is 1. The molecule has 1 aromatic carbocycles. The zero-order chi connectivity index (χ0) is 15.0. The zero-order valence-corrected chi connectivity index (χ0v) is 13.2. The van der Waals surface area contributed by atoms with Gasteiger partial charge in [0.05, 0.1) is 0 Å². The molecule has 4 nitrogen and oxygen atoms in total. The van der Waals surface area contributed by atoms with Crippen LogP contribution in [-0.2, 0) is 4.79 Å². The highest BCUT2D eigenvalue weighted by Crippen LogP contribution is 2.41. The van der Waals surface area contributed by atoms with Crippen LogP contribution in [0.25, 0.3) is 0 Å². The van der Waals surface area contributed by atoms with Gasteiger partial charge in [-0.15, -0.1) is 0 Å². The number of hydrogen-bond acceptors (Lipinski definition) is 3. The molecule has 114 valence electrons. The molecule has 2 aliphatic heterocycles. The Morgan fingerprint density at radius 1 is 1.38 bits per heavy atom. The summed E-state index contributed by atoms with van der Waals surface area (Å²) < 4.78 is 0. The average Bonchev–Trinajstić information content (AvgIpc) is 3.07. The molecule has 1 saturated heterocycles. The Kier molecular flexibility index (Phi) is 3.66. The molecule has 1 amide bonds. The number of hydrogen-bond donors (Lipinski definition) is 2. The Bertz CT molecular complexity index is 551. The van der Waals surface area contributed by atoms with Gasteiger partial charge in [0.1, 0.15) is 6.04 Å². The van der Waals surface area contributed by atoms with Gasteiger partial charge in [-0.25, -0.2) is 0 Å². The minimum atomic E-state index is -0.210. The van der Waals surface area contributed by atoms with Gasteiger partial charge in [0.15, 0.2) is 0 Å². The molecule has 4 heteroatoms. The second kappa shape index (κ2) is 5.34. The van der Waals surface area contributed by atoms with Crippen LogP contribution in [0.3, 0.4) is 0 Å². The summed E-state index contributed by atoms with van der Waals surface area (Å²) in [6.07, 6.45) is 3.75. The van der Waals surface area contributed by atoms with Gasteiger partial charge in [-0.2, -0.15) is 0 Å². The normalized spacial score (nSPS) is 23.3. The summed E-state index contributed by atoms with van der Waals surface area (Å²) in [5, 5.41) is 6.05. The van der Waals surface area contributed by atoms with Crippen LogP contribution in [-0.4, -0.2) is 26.0 Å². The molecular weight excluding hydrogens is 262 g/mol. The topological polar surface area (TPSA) is 44.4 Å². The van der Waals surface area contributed by atoms with Crippen molar-refractivity contribution in [3.8, 4) is 0 Å². The van der Waals surface area contributed by atoms with Crippen LogP contribution < -0.4 is 15.5 Å². The van der Waals surface area contributed by atoms with Crippen LogP contribution in [0.2, 0.25) is 0 Å². The first-order valence-electron chi connectivity index (χ1n) is 7.99. The van der Waals surface area contributed by atoms with Crippen molar-refractivity contribution in [2.75, 3.05) is 30.4 Å². The van der Waals surface area contributed by atoms with E-state index in [1.165, 1.54) is 24.9 Å². The third-order valence-electron chi connectivity index (χ3n) is 5.46. The number of likely N-dealkylation sites (N-methyl/N-ethyl adjacent to an activating group) is 1. The molecule has 0 aromatic heterocycles. The number of anilines is 2.